The van der Waals surface area contributed by atoms with Crippen molar-refractivity contribution in [1.29, 1.82) is 0 Å². The number of hydrazine groups is 1. The second kappa shape index (κ2) is 4.48. The molecule has 0 radical (unpaired) electrons. The van der Waals surface area contributed by atoms with Crippen molar-refractivity contribution in [1.82, 2.24) is 15.3 Å². The van der Waals surface area contributed by atoms with Crippen molar-refractivity contribution in [2.75, 3.05) is 5.32 Å². The number of aliphatic carboxylic acids is 1. The molecular formula is C5H9N6O2S+. The number of aromatic nitrogens is 3. The van der Waals surface area contributed by atoms with Crippen LogP contribution in [0.2, 0.25) is 0 Å². The van der Waals surface area contributed by atoms with E-state index in [2.05, 4.69) is 20.9 Å². The number of nitrogens with one attached hydrogen (secondary N) is 3. The van der Waals surface area contributed by atoms with Crippen LogP contribution in [0.15, 0.2) is 6.20 Å². The zero-order chi connectivity index (χ0) is 10.6. The van der Waals surface area contributed by atoms with E-state index in [4.69, 9.17) is 23.2 Å². The molecule has 0 aliphatic rings. The molecular weight excluding hydrogens is 208 g/mol. The summed E-state index contributed by atoms with van der Waals surface area (Å²) in [5.74, 6) is 4.41. The largest absolute Gasteiger partial charge is 0.480 e. The number of rotatable bonds is 3. The molecule has 76 valence electrons. The number of carboxylic acid groups (broad SMARTS) is 1. The second-order valence-corrected chi connectivity index (χ2v) is 2.72. The molecule has 0 spiro atoms. The fourth-order valence-corrected chi connectivity index (χ4v) is 0.851. The minimum absolute atomic E-state index is 0.193. The van der Waals surface area contributed by atoms with E-state index in [1.807, 2.05) is 0 Å². The van der Waals surface area contributed by atoms with Crippen LogP contribution in [0.3, 0.4) is 0 Å². The smallest absolute Gasteiger partial charge is 0.331 e. The Morgan fingerprint density at radius 3 is 3.14 bits per heavy atom. The zero-order valence-electron chi connectivity index (χ0n) is 7.02. The Kier molecular flexibility index (Phi) is 3.31. The number of hydrogen-bond donors (Lipinski definition) is 4. The van der Waals surface area contributed by atoms with Crippen molar-refractivity contribution in [3.63, 3.8) is 0 Å². The molecule has 8 nitrogen and oxygen atoms in total. The average molecular weight is 217 g/mol. The number of nitrogens with two attached hydrogens (primary N) is 1. The zero-order valence-corrected chi connectivity index (χ0v) is 7.84. The maximum atomic E-state index is 10.3. The lowest BCUT2D eigenvalue weighted by Crippen LogP contribution is -2.34. The van der Waals surface area contributed by atoms with Crippen LogP contribution in [0.25, 0.3) is 0 Å². The van der Waals surface area contributed by atoms with Gasteiger partial charge in [-0.3, -0.25) is 5.32 Å². The molecule has 0 amide bonds. The third-order valence-electron chi connectivity index (χ3n) is 1.24. The molecule has 14 heavy (non-hydrogen) atoms. The van der Waals surface area contributed by atoms with Gasteiger partial charge in [-0.05, 0) is 17.0 Å². The van der Waals surface area contributed by atoms with Crippen LogP contribution in [0.4, 0.5) is 5.82 Å². The molecule has 0 unspecified atom stereocenters. The first-order chi connectivity index (χ1) is 6.61. The number of anilines is 1. The number of thiocarbonyl (C=S) groups is 1. The molecule has 1 heterocycles. The van der Waals surface area contributed by atoms with Gasteiger partial charge in [-0.2, -0.15) is 5.10 Å². The number of carbonyl (C=O) groups is 1. The molecule has 0 saturated heterocycles. The van der Waals surface area contributed by atoms with E-state index in [1.165, 1.54) is 6.20 Å². The molecule has 0 aliphatic carbocycles. The first kappa shape index (κ1) is 10.3. The summed E-state index contributed by atoms with van der Waals surface area (Å²) in [5.41, 5.74) is 2.20. The summed E-state index contributed by atoms with van der Waals surface area (Å²) in [6.45, 7) is -0.246. The van der Waals surface area contributed by atoms with Crippen LogP contribution in [0.5, 0.6) is 0 Å². The van der Waals surface area contributed by atoms with Gasteiger partial charge in [0.15, 0.2) is 17.9 Å². The van der Waals surface area contributed by atoms with Gasteiger partial charge in [-0.15, -0.1) is 0 Å². The van der Waals surface area contributed by atoms with E-state index in [9.17, 15) is 4.79 Å². The molecule has 1 aromatic heterocycles. The van der Waals surface area contributed by atoms with Gasteiger partial charge < -0.3 is 10.5 Å². The Labute approximate surface area is 84.0 Å². The Morgan fingerprint density at radius 1 is 1.86 bits per heavy atom. The first-order valence-corrected chi connectivity index (χ1v) is 3.97. The van der Waals surface area contributed by atoms with Crippen LogP contribution >= 0.6 is 12.2 Å². The predicted octanol–water partition coefficient (Wildman–Crippen LogP) is -2.06. The molecule has 0 saturated carbocycles. The van der Waals surface area contributed by atoms with Crippen LogP contribution < -0.4 is 21.7 Å². The SMILES string of the molecule is NNC(=S)Nc1c[nH+]n(CC(=O)O)n1. The third-order valence-corrected chi connectivity index (χ3v) is 1.46. The van der Waals surface area contributed by atoms with E-state index in [0.29, 0.717) is 5.82 Å². The summed E-state index contributed by atoms with van der Waals surface area (Å²) in [5, 5.41) is 17.7. The van der Waals surface area contributed by atoms with E-state index in [1.54, 1.807) is 0 Å². The van der Waals surface area contributed by atoms with Gasteiger partial charge in [-0.25, -0.2) is 10.6 Å². The lowest BCUT2D eigenvalue weighted by atomic mass is 10.7. The molecule has 1 aromatic rings. The standard InChI is InChI=1S/C5H8N6O2S/c6-9-5(14)8-3-1-7-11(10-3)2-4(12)13/h1H,2,6H2,(H,12,13)(H2,8,9,10,14)/p+1. The van der Waals surface area contributed by atoms with Crippen molar-refractivity contribution in [2.24, 2.45) is 5.84 Å². The summed E-state index contributed by atoms with van der Waals surface area (Å²) < 4.78 is 0. The van der Waals surface area contributed by atoms with Crippen LogP contribution in [-0.2, 0) is 11.3 Å². The Hall–Kier alpha value is -1.74. The van der Waals surface area contributed by atoms with Crippen molar-refractivity contribution in [2.45, 2.75) is 6.54 Å². The maximum absolute atomic E-state index is 10.3. The quantitative estimate of drug-likeness (QED) is 0.261. The molecule has 0 aliphatic heterocycles. The van der Waals surface area contributed by atoms with E-state index >= 15 is 0 Å². The first-order valence-electron chi connectivity index (χ1n) is 3.56. The normalized spacial score (nSPS) is 9.50. The van der Waals surface area contributed by atoms with Gasteiger partial charge in [-0.1, -0.05) is 0 Å². The van der Waals surface area contributed by atoms with E-state index < -0.39 is 5.97 Å². The van der Waals surface area contributed by atoms with Gasteiger partial charge in [0.25, 0.3) is 0 Å². The van der Waals surface area contributed by atoms with Crippen molar-refractivity contribution in [3.05, 3.63) is 6.20 Å². The molecule has 1 rings (SSSR count). The summed E-state index contributed by atoms with van der Waals surface area (Å²) in [4.78, 5) is 11.4. The molecule has 6 N–H and O–H groups in total. The summed E-state index contributed by atoms with van der Waals surface area (Å²) in [6.07, 6.45) is 1.46. The number of carboxylic acids is 1. The van der Waals surface area contributed by atoms with Gasteiger partial charge in [0.05, 0.1) is 5.10 Å². The molecule has 0 bridgehead atoms. The summed E-state index contributed by atoms with van der Waals surface area (Å²) >= 11 is 4.71. The third kappa shape index (κ3) is 2.95. The second-order valence-electron chi connectivity index (χ2n) is 2.31. The highest BCUT2D eigenvalue weighted by Crippen LogP contribution is 1.94. The van der Waals surface area contributed by atoms with Crippen molar-refractivity contribution >= 4 is 29.1 Å². The lowest BCUT2D eigenvalue weighted by molar-refractivity contribution is -0.495. The van der Waals surface area contributed by atoms with Crippen LogP contribution in [0, 0.1) is 0 Å². The minimum Gasteiger partial charge on any atom is -0.480 e. The van der Waals surface area contributed by atoms with Gasteiger partial charge in [0, 0.05) is 0 Å². The highest BCUT2D eigenvalue weighted by Gasteiger charge is 2.12. The van der Waals surface area contributed by atoms with E-state index in [-0.39, 0.29) is 11.7 Å². The molecule has 0 fully saturated rings. The Balaban J connectivity index is 2.59. The number of nitrogens with zero attached hydrogens (tertiary/aromatic N) is 2. The minimum atomic E-state index is -0.990. The van der Waals surface area contributed by atoms with Crippen LogP contribution in [0.1, 0.15) is 0 Å². The van der Waals surface area contributed by atoms with Crippen LogP contribution in [-0.4, -0.2) is 26.1 Å². The molecule has 0 atom stereocenters. The number of hydrogen-bond acceptors (Lipinski definition) is 4. The molecule has 0 aromatic carbocycles. The van der Waals surface area contributed by atoms with Gasteiger partial charge >= 0.3 is 11.8 Å². The monoisotopic (exact) mass is 217 g/mol. The number of aromatic amines is 1. The Morgan fingerprint density at radius 2 is 2.57 bits per heavy atom. The fourth-order valence-electron chi connectivity index (χ4n) is 0.746. The topological polar surface area (TPSA) is 119 Å². The average Bonchev–Trinajstić information content (AvgIpc) is 2.51. The van der Waals surface area contributed by atoms with Gasteiger partial charge in [0.1, 0.15) is 0 Å². The van der Waals surface area contributed by atoms with E-state index in [0.717, 1.165) is 4.80 Å². The Bertz CT molecular complexity index is 350. The predicted molar refractivity (Wildman–Crippen MR) is 50.0 cm³/mol. The highest BCUT2D eigenvalue weighted by molar-refractivity contribution is 7.80. The lowest BCUT2D eigenvalue weighted by Gasteiger charge is -1.97. The van der Waals surface area contributed by atoms with Gasteiger partial charge in [0.2, 0.25) is 0 Å². The van der Waals surface area contributed by atoms with Crippen molar-refractivity contribution in [3.8, 4) is 0 Å². The highest BCUT2D eigenvalue weighted by atomic mass is 32.1. The summed E-state index contributed by atoms with van der Waals surface area (Å²) in [6, 6.07) is 0. The molecule has 9 heteroatoms. The number of H-pyrrole nitrogens is 1. The fraction of sp³-hybridized carbons (Fsp3) is 0.200. The maximum Gasteiger partial charge on any atom is 0.331 e. The van der Waals surface area contributed by atoms with Crippen molar-refractivity contribution < 1.29 is 15.0 Å². The summed E-state index contributed by atoms with van der Waals surface area (Å²) in [7, 11) is 0.